The van der Waals surface area contributed by atoms with Gasteiger partial charge in [0.25, 0.3) is 0 Å². The third-order valence-corrected chi connectivity index (χ3v) is 12.5. The summed E-state index contributed by atoms with van der Waals surface area (Å²) in [4.78, 5) is 7.48. The van der Waals surface area contributed by atoms with Crippen molar-refractivity contribution in [1.82, 2.24) is 9.38 Å². The molecule has 0 saturated carbocycles. The average molecular weight is 732 g/mol. The van der Waals surface area contributed by atoms with Crippen LogP contribution in [0.15, 0.2) is 173 Å². The van der Waals surface area contributed by atoms with Crippen LogP contribution in [0.2, 0.25) is 0 Å². The first-order valence-electron chi connectivity index (χ1n) is 19.5. The molecule has 8 aromatic carbocycles. The first-order valence-corrected chi connectivity index (χ1v) is 19.5. The van der Waals surface area contributed by atoms with E-state index in [0.29, 0.717) is 5.89 Å². The Bertz CT molecular complexity index is 3620. The molecule has 0 spiro atoms. The molecule has 5 heteroatoms. The Morgan fingerprint density at radius 3 is 2.16 bits per heavy atom. The zero-order valence-corrected chi connectivity index (χ0v) is 31.2. The second-order valence-corrected chi connectivity index (χ2v) is 15.9. The normalized spacial score (nSPS) is 13.6. The molecule has 0 saturated heterocycles. The van der Waals surface area contributed by atoms with E-state index in [4.69, 9.17) is 13.8 Å². The molecule has 0 unspecified atom stereocenters. The summed E-state index contributed by atoms with van der Waals surface area (Å²) < 4.78 is 15.9. The van der Waals surface area contributed by atoms with Crippen molar-refractivity contribution in [2.75, 3.05) is 4.90 Å². The maximum absolute atomic E-state index is 6.78. The van der Waals surface area contributed by atoms with Crippen LogP contribution in [0.3, 0.4) is 0 Å². The molecule has 4 aromatic heterocycles. The number of furan rings is 1. The van der Waals surface area contributed by atoms with Gasteiger partial charge in [-0.2, -0.15) is 0 Å². The van der Waals surface area contributed by atoms with Gasteiger partial charge in [-0.3, -0.25) is 0 Å². The smallest absolute Gasteiger partial charge is 0.227 e. The Labute approximate surface area is 327 Å². The third kappa shape index (κ3) is 4.05. The molecule has 1 aliphatic rings. The largest absolute Gasteiger partial charge is 0.454 e. The van der Waals surface area contributed by atoms with Crippen LogP contribution in [0, 0.1) is 0 Å². The number of anilines is 3. The van der Waals surface area contributed by atoms with Gasteiger partial charge in [-0.15, -0.1) is 0 Å². The molecule has 268 valence electrons. The Balaban J connectivity index is 1.12. The molecule has 12 aromatic rings. The molecule has 13 rings (SSSR count). The number of fused-ring (bicyclic) bond motifs is 14. The summed E-state index contributed by atoms with van der Waals surface area (Å²) in [5.74, 6) is 0.620. The second kappa shape index (κ2) is 10.9. The van der Waals surface area contributed by atoms with Gasteiger partial charge in [-0.05, 0) is 89.0 Å². The molecular formula is C52H33N3O2. The van der Waals surface area contributed by atoms with Crippen molar-refractivity contribution >= 4 is 88.2 Å². The molecule has 4 heterocycles. The first kappa shape index (κ1) is 30.9. The minimum atomic E-state index is -0.161. The van der Waals surface area contributed by atoms with Gasteiger partial charge >= 0.3 is 0 Å². The number of oxazole rings is 1. The van der Waals surface area contributed by atoms with Crippen molar-refractivity contribution in [3.8, 4) is 22.6 Å². The molecule has 0 fully saturated rings. The second-order valence-electron chi connectivity index (χ2n) is 15.9. The van der Waals surface area contributed by atoms with Crippen molar-refractivity contribution in [1.29, 1.82) is 0 Å². The predicted octanol–water partition coefficient (Wildman–Crippen LogP) is 14.3. The monoisotopic (exact) mass is 731 g/mol. The number of hydrogen-bond donors (Lipinski definition) is 0. The van der Waals surface area contributed by atoms with Crippen LogP contribution in [0.1, 0.15) is 25.0 Å². The summed E-state index contributed by atoms with van der Waals surface area (Å²) in [5, 5.41) is 6.74. The Morgan fingerprint density at radius 2 is 1.25 bits per heavy atom. The van der Waals surface area contributed by atoms with E-state index in [2.05, 4.69) is 163 Å². The van der Waals surface area contributed by atoms with Crippen LogP contribution in [0.4, 0.5) is 17.1 Å². The van der Waals surface area contributed by atoms with E-state index < -0.39 is 0 Å². The standard InChI is InChI=1S/C52H33N3O2/c1-52(2)40-19-9-6-15-33(40)34-25-23-32(28-41(34)52)54(45-21-12-18-37-36-17-8-11-22-46(36)56-49(37)45)31-24-26-44-39(27-31)47-48-38(35-16-7-10-20-43(35)55(44)48)29-42-50(47)57-51(53-42)30-13-4-3-5-14-30/h3-29H,1-2H3. The number of nitrogens with zero attached hydrogens (tertiary/aromatic N) is 3. The van der Waals surface area contributed by atoms with Crippen molar-refractivity contribution in [3.63, 3.8) is 0 Å². The van der Waals surface area contributed by atoms with Crippen molar-refractivity contribution in [3.05, 3.63) is 175 Å². The lowest BCUT2D eigenvalue weighted by Crippen LogP contribution is -2.16. The van der Waals surface area contributed by atoms with Crippen LogP contribution in [0.5, 0.6) is 0 Å². The number of para-hydroxylation sites is 3. The fraction of sp³-hybridized carbons (Fsp3) is 0.0577. The van der Waals surface area contributed by atoms with Crippen molar-refractivity contribution in [2.24, 2.45) is 0 Å². The van der Waals surface area contributed by atoms with E-state index in [1.807, 2.05) is 24.3 Å². The zero-order valence-electron chi connectivity index (χ0n) is 31.2. The van der Waals surface area contributed by atoms with E-state index in [-0.39, 0.29) is 5.41 Å². The van der Waals surface area contributed by atoms with Gasteiger partial charge in [-0.1, -0.05) is 111 Å². The van der Waals surface area contributed by atoms with E-state index in [0.717, 1.165) is 77.5 Å². The number of rotatable bonds is 4. The highest BCUT2D eigenvalue weighted by Gasteiger charge is 2.36. The van der Waals surface area contributed by atoms with Crippen LogP contribution >= 0.6 is 0 Å². The summed E-state index contributed by atoms with van der Waals surface area (Å²) in [6.07, 6.45) is 0. The third-order valence-electron chi connectivity index (χ3n) is 12.5. The predicted molar refractivity (Wildman–Crippen MR) is 234 cm³/mol. The van der Waals surface area contributed by atoms with Crippen LogP contribution in [-0.4, -0.2) is 9.38 Å². The number of aromatic nitrogens is 2. The highest BCUT2D eigenvalue weighted by Crippen LogP contribution is 2.52. The molecule has 5 nitrogen and oxygen atoms in total. The lowest BCUT2D eigenvalue weighted by molar-refractivity contribution is 0.623. The number of hydrogen-bond acceptors (Lipinski definition) is 4. The maximum Gasteiger partial charge on any atom is 0.227 e. The zero-order chi connectivity index (χ0) is 37.6. The summed E-state index contributed by atoms with van der Waals surface area (Å²) >= 11 is 0. The van der Waals surface area contributed by atoms with Gasteiger partial charge in [-0.25, -0.2) is 4.98 Å². The Morgan fingerprint density at radius 1 is 0.526 bits per heavy atom. The van der Waals surface area contributed by atoms with E-state index >= 15 is 0 Å². The fourth-order valence-electron chi connectivity index (χ4n) is 9.94. The molecule has 0 atom stereocenters. The molecular weight excluding hydrogens is 699 g/mol. The van der Waals surface area contributed by atoms with Gasteiger partial charge in [0.1, 0.15) is 11.1 Å². The summed E-state index contributed by atoms with van der Waals surface area (Å²) in [6, 6.07) is 58.5. The van der Waals surface area contributed by atoms with E-state index in [1.54, 1.807) is 0 Å². The van der Waals surface area contributed by atoms with Crippen LogP contribution in [0.25, 0.3) is 93.7 Å². The quantitative estimate of drug-likeness (QED) is 0.181. The molecule has 0 radical (unpaired) electrons. The fourth-order valence-corrected chi connectivity index (χ4v) is 9.94. The summed E-state index contributed by atoms with van der Waals surface area (Å²) in [7, 11) is 0. The van der Waals surface area contributed by atoms with E-state index in [1.165, 1.54) is 38.5 Å². The minimum Gasteiger partial charge on any atom is -0.454 e. The Kier molecular flexibility index (Phi) is 5.91. The average Bonchev–Trinajstić information content (AvgIpc) is 4.05. The van der Waals surface area contributed by atoms with Crippen molar-refractivity contribution < 1.29 is 8.83 Å². The molecule has 0 N–H and O–H groups in total. The highest BCUT2D eigenvalue weighted by atomic mass is 16.3. The lowest BCUT2D eigenvalue weighted by atomic mass is 9.82. The first-order chi connectivity index (χ1) is 28.0. The summed E-state index contributed by atoms with van der Waals surface area (Å²) in [5.41, 5.74) is 15.9. The maximum atomic E-state index is 6.78. The van der Waals surface area contributed by atoms with Crippen LogP contribution in [-0.2, 0) is 5.41 Å². The van der Waals surface area contributed by atoms with Crippen molar-refractivity contribution in [2.45, 2.75) is 19.3 Å². The minimum absolute atomic E-state index is 0.161. The topological polar surface area (TPSA) is 46.8 Å². The van der Waals surface area contributed by atoms with Crippen LogP contribution < -0.4 is 4.90 Å². The lowest BCUT2D eigenvalue weighted by Gasteiger charge is -2.28. The number of benzene rings is 8. The highest BCUT2D eigenvalue weighted by molar-refractivity contribution is 6.30. The van der Waals surface area contributed by atoms with Gasteiger partial charge in [0.2, 0.25) is 5.89 Å². The molecule has 57 heavy (non-hydrogen) atoms. The summed E-state index contributed by atoms with van der Waals surface area (Å²) in [6.45, 7) is 4.68. The SMILES string of the molecule is CC1(C)c2ccccc2-c2ccc(N(c3ccc4c(c3)c3c5oc(-c6ccccc6)nc5cc5c6ccccc6n4c53)c3cccc4c3oc3ccccc34)cc21. The van der Waals surface area contributed by atoms with Gasteiger partial charge in [0.15, 0.2) is 11.2 Å². The van der Waals surface area contributed by atoms with Gasteiger partial charge < -0.3 is 18.1 Å². The molecule has 0 bridgehead atoms. The van der Waals surface area contributed by atoms with Gasteiger partial charge in [0, 0.05) is 49.3 Å². The molecule has 0 amide bonds. The van der Waals surface area contributed by atoms with E-state index in [9.17, 15) is 0 Å². The molecule has 1 aliphatic carbocycles. The Hall–Kier alpha value is -7.37. The van der Waals surface area contributed by atoms with Gasteiger partial charge in [0.05, 0.1) is 27.6 Å². The molecule has 0 aliphatic heterocycles.